The quantitative estimate of drug-likeness (QED) is 0.443. The Morgan fingerprint density at radius 1 is 1.26 bits per heavy atom. The van der Waals surface area contributed by atoms with Gasteiger partial charge in [0.2, 0.25) is 0 Å². The first-order valence-electron chi connectivity index (χ1n) is 8.39. The van der Waals surface area contributed by atoms with Gasteiger partial charge in [-0.3, -0.25) is 9.63 Å². The largest absolute Gasteiger partial charge is 0.471 e. The highest BCUT2D eigenvalue weighted by Crippen LogP contribution is 2.26. The number of alkyl halides is 3. The molecule has 0 aromatic heterocycles. The molecule has 1 heterocycles. The number of benzene rings is 1. The predicted octanol–water partition coefficient (Wildman–Crippen LogP) is 2.36. The SMILES string of the molecule is C=CCOC(=O)C1CCC(NOCc2ccccc2)CN1C(=O)C(F)(F)F. The van der Waals surface area contributed by atoms with E-state index in [0.29, 0.717) is 11.3 Å². The lowest BCUT2D eigenvalue weighted by atomic mass is 9.98. The summed E-state index contributed by atoms with van der Waals surface area (Å²) < 4.78 is 43.6. The van der Waals surface area contributed by atoms with Gasteiger partial charge < -0.3 is 9.64 Å². The van der Waals surface area contributed by atoms with Crippen LogP contribution < -0.4 is 5.48 Å². The number of likely N-dealkylation sites (tertiary alicyclic amines) is 1. The lowest BCUT2D eigenvalue weighted by Crippen LogP contribution is -2.58. The molecule has 0 radical (unpaired) electrons. The van der Waals surface area contributed by atoms with Crippen LogP contribution in [0, 0.1) is 0 Å². The smallest absolute Gasteiger partial charge is 0.460 e. The van der Waals surface area contributed by atoms with Crippen LogP contribution in [-0.4, -0.2) is 48.2 Å². The number of amides is 1. The summed E-state index contributed by atoms with van der Waals surface area (Å²) in [6.45, 7) is 3.14. The Morgan fingerprint density at radius 3 is 2.59 bits per heavy atom. The number of hydroxylamine groups is 1. The van der Waals surface area contributed by atoms with Crippen molar-refractivity contribution in [1.29, 1.82) is 0 Å². The molecule has 1 aliphatic rings. The van der Waals surface area contributed by atoms with Gasteiger partial charge in [-0.1, -0.05) is 43.0 Å². The van der Waals surface area contributed by atoms with E-state index in [1.807, 2.05) is 30.3 Å². The van der Waals surface area contributed by atoms with Crippen LogP contribution >= 0.6 is 0 Å². The number of hydrogen-bond acceptors (Lipinski definition) is 5. The van der Waals surface area contributed by atoms with Gasteiger partial charge in [-0.15, -0.1) is 0 Å². The van der Waals surface area contributed by atoms with Gasteiger partial charge in [0.15, 0.2) is 0 Å². The van der Waals surface area contributed by atoms with Crippen molar-refractivity contribution in [2.24, 2.45) is 0 Å². The first kappa shape index (κ1) is 20.9. The number of halogens is 3. The maximum absolute atomic E-state index is 12.9. The number of carbonyl (C=O) groups is 2. The highest BCUT2D eigenvalue weighted by molar-refractivity contribution is 5.88. The molecule has 2 atom stereocenters. The number of hydrogen-bond donors (Lipinski definition) is 1. The van der Waals surface area contributed by atoms with Crippen molar-refractivity contribution in [3.05, 3.63) is 48.6 Å². The summed E-state index contributed by atoms with van der Waals surface area (Å²) in [4.78, 5) is 29.6. The predicted molar refractivity (Wildman–Crippen MR) is 90.1 cm³/mol. The summed E-state index contributed by atoms with van der Waals surface area (Å²) in [7, 11) is 0. The second-order valence-electron chi connectivity index (χ2n) is 6.06. The number of carbonyl (C=O) groups excluding carboxylic acids is 2. The minimum atomic E-state index is -5.08. The van der Waals surface area contributed by atoms with Gasteiger partial charge in [0.1, 0.15) is 12.6 Å². The van der Waals surface area contributed by atoms with Gasteiger partial charge in [0.25, 0.3) is 0 Å². The number of nitrogens with one attached hydrogen (secondary N) is 1. The molecule has 1 amide bonds. The van der Waals surface area contributed by atoms with Crippen LogP contribution in [0.4, 0.5) is 13.2 Å². The highest BCUT2D eigenvalue weighted by Gasteiger charge is 2.48. The van der Waals surface area contributed by atoms with Crippen LogP contribution in [-0.2, 0) is 25.8 Å². The molecule has 1 saturated heterocycles. The molecule has 0 aliphatic carbocycles. The van der Waals surface area contributed by atoms with Gasteiger partial charge >= 0.3 is 18.1 Å². The maximum atomic E-state index is 12.9. The Hall–Kier alpha value is -2.39. The zero-order valence-corrected chi connectivity index (χ0v) is 14.6. The standard InChI is InChI=1S/C18H21F3N2O4/c1-2-10-26-16(24)15-9-8-14(11-23(15)17(25)18(19,20)21)22-27-12-13-6-4-3-5-7-13/h2-7,14-15,22H,1,8-12H2. The molecule has 0 spiro atoms. The monoisotopic (exact) mass is 386 g/mol. The molecule has 27 heavy (non-hydrogen) atoms. The van der Waals surface area contributed by atoms with E-state index >= 15 is 0 Å². The van der Waals surface area contributed by atoms with Gasteiger partial charge in [-0.2, -0.15) is 18.7 Å². The number of esters is 1. The highest BCUT2D eigenvalue weighted by atomic mass is 19.4. The zero-order valence-electron chi connectivity index (χ0n) is 14.6. The molecule has 6 nitrogen and oxygen atoms in total. The summed E-state index contributed by atoms with van der Waals surface area (Å²) in [5.41, 5.74) is 3.56. The maximum Gasteiger partial charge on any atom is 0.471 e. The average molecular weight is 386 g/mol. The fourth-order valence-electron chi connectivity index (χ4n) is 2.75. The molecule has 148 valence electrons. The summed E-state index contributed by atoms with van der Waals surface area (Å²) in [6.07, 6.45) is -3.39. The first-order chi connectivity index (χ1) is 12.8. The number of rotatable bonds is 7. The Kier molecular flexibility index (Phi) is 7.37. The Bertz CT molecular complexity index is 652. The minimum Gasteiger partial charge on any atom is -0.460 e. The molecule has 0 saturated carbocycles. The van der Waals surface area contributed by atoms with Crippen molar-refractivity contribution >= 4 is 11.9 Å². The molecule has 9 heteroatoms. The average Bonchev–Trinajstić information content (AvgIpc) is 2.65. The zero-order chi connectivity index (χ0) is 19.9. The fraction of sp³-hybridized carbons (Fsp3) is 0.444. The van der Waals surface area contributed by atoms with Crippen LogP contribution in [0.2, 0.25) is 0 Å². The number of nitrogens with zero attached hydrogens (tertiary/aromatic N) is 1. The Balaban J connectivity index is 1.98. The van der Waals surface area contributed by atoms with Crippen molar-refractivity contribution in [1.82, 2.24) is 10.4 Å². The van der Waals surface area contributed by atoms with E-state index in [2.05, 4.69) is 12.1 Å². The van der Waals surface area contributed by atoms with Crippen molar-refractivity contribution in [3.63, 3.8) is 0 Å². The van der Waals surface area contributed by atoms with Gasteiger partial charge in [0.05, 0.1) is 6.61 Å². The van der Waals surface area contributed by atoms with Crippen LogP contribution in [0.25, 0.3) is 0 Å². The Labute approximate surface area is 154 Å². The van der Waals surface area contributed by atoms with E-state index in [1.54, 1.807) is 0 Å². The first-order valence-corrected chi connectivity index (χ1v) is 8.39. The second kappa shape index (κ2) is 9.52. The van der Waals surface area contributed by atoms with E-state index in [9.17, 15) is 22.8 Å². The van der Waals surface area contributed by atoms with E-state index in [4.69, 9.17) is 9.57 Å². The van der Waals surface area contributed by atoms with Crippen molar-refractivity contribution in [3.8, 4) is 0 Å². The molecular formula is C18H21F3N2O4. The van der Waals surface area contributed by atoms with Crippen LogP contribution in [0.5, 0.6) is 0 Å². The summed E-state index contributed by atoms with van der Waals surface area (Å²) in [6, 6.07) is 7.38. The molecular weight excluding hydrogens is 365 g/mol. The van der Waals surface area contributed by atoms with Gasteiger partial charge in [-0.05, 0) is 18.4 Å². The molecule has 1 N–H and O–H groups in total. The lowest BCUT2D eigenvalue weighted by molar-refractivity contribution is -0.193. The van der Waals surface area contributed by atoms with Crippen molar-refractivity contribution in [2.75, 3.05) is 13.2 Å². The Morgan fingerprint density at radius 2 is 1.96 bits per heavy atom. The molecule has 1 fully saturated rings. The van der Waals surface area contributed by atoms with E-state index < -0.39 is 30.1 Å². The summed E-state index contributed by atoms with van der Waals surface area (Å²) >= 11 is 0. The lowest BCUT2D eigenvalue weighted by Gasteiger charge is -2.38. The third-order valence-electron chi connectivity index (χ3n) is 4.03. The summed E-state index contributed by atoms with van der Waals surface area (Å²) in [5, 5.41) is 0. The second-order valence-corrected chi connectivity index (χ2v) is 6.06. The van der Waals surface area contributed by atoms with Crippen LogP contribution in [0.1, 0.15) is 18.4 Å². The number of piperidine rings is 1. The minimum absolute atomic E-state index is 0.0319. The van der Waals surface area contributed by atoms with Gasteiger partial charge in [-0.25, -0.2) is 4.79 Å². The third-order valence-corrected chi connectivity index (χ3v) is 4.03. The van der Waals surface area contributed by atoms with Gasteiger partial charge in [0, 0.05) is 12.6 Å². The molecule has 1 aromatic rings. The normalized spacial score (nSPS) is 20.2. The fourth-order valence-corrected chi connectivity index (χ4v) is 2.75. The van der Waals surface area contributed by atoms with Crippen LogP contribution in [0.15, 0.2) is 43.0 Å². The molecule has 2 rings (SSSR count). The number of ether oxygens (including phenoxy) is 1. The third kappa shape index (κ3) is 6.07. The van der Waals surface area contributed by atoms with Crippen molar-refractivity contribution in [2.45, 2.75) is 37.7 Å². The van der Waals surface area contributed by atoms with E-state index in [1.165, 1.54) is 6.08 Å². The van der Waals surface area contributed by atoms with E-state index in [0.717, 1.165) is 5.56 Å². The molecule has 2 unspecified atom stereocenters. The summed E-state index contributed by atoms with van der Waals surface area (Å²) in [5.74, 6) is -2.95. The topological polar surface area (TPSA) is 67.9 Å². The van der Waals surface area contributed by atoms with E-state index in [-0.39, 0.29) is 26.2 Å². The molecule has 0 bridgehead atoms. The molecule has 1 aliphatic heterocycles. The van der Waals surface area contributed by atoms with Crippen LogP contribution in [0.3, 0.4) is 0 Å². The van der Waals surface area contributed by atoms with Crippen molar-refractivity contribution < 1.29 is 32.3 Å². The molecule has 1 aromatic carbocycles.